The Morgan fingerprint density at radius 1 is 1.25 bits per heavy atom. The van der Waals surface area contributed by atoms with Crippen molar-refractivity contribution in [3.8, 4) is 0 Å². The largest absolute Gasteiger partial charge is 0.368 e. The summed E-state index contributed by atoms with van der Waals surface area (Å²) in [6.45, 7) is 0.529. The van der Waals surface area contributed by atoms with E-state index in [4.69, 9.17) is 5.73 Å². The lowest BCUT2D eigenvalue weighted by Gasteiger charge is -2.21. The summed E-state index contributed by atoms with van der Waals surface area (Å²) in [6.07, 6.45) is 2.84. The molecule has 1 aliphatic rings. The fourth-order valence-corrected chi connectivity index (χ4v) is 2.51. The lowest BCUT2D eigenvalue weighted by atomic mass is 10.2. The van der Waals surface area contributed by atoms with Crippen LogP contribution < -0.4 is 5.73 Å². The summed E-state index contributed by atoms with van der Waals surface area (Å²) in [5.74, 6) is -0.755. The number of carbonyl (C=O) groups excluding carboxylic acids is 2. The highest BCUT2D eigenvalue weighted by Crippen LogP contribution is 2.19. The van der Waals surface area contributed by atoms with Gasteiger partial charge < -0.3 is 10.6 Å². The van der Waals surface area contributed by atoms with Crippen molar-refractivity contribution in [2.75, 3.05) is 6.54 Å². The van der Waals surface area contributed by atoms with Crippen molar-refractivity contribution >= 4 is 22.8 Å². The Morgan fingerprint density at radius 3 is 2.75 bits per heavy atom. The maximum atomic E-state index is 12.4. The van der Waals surface area contributed by atoms with Crippen molar-refractivity contribution in [1.82, 2.24) is 14.9 Å². The van der Waals surface area contributed by atoms with Gasteiger partial charge in [0.05, 0.1) is 17.2 Å². The molecule has 2 heterocycles. The van der Waals surface area contributed by atoms with Crippen molar-refractivity contribution in [1.29, 1.82) is 0 Å². The number of primary amides is 1. The van der Waals surface area contributed by atoms with Gasteiger partial charge in [-0.1, -0.05) is 12.1 Å². The van der Waals surface area contributed by atoms with Crippen LogP contribution in [0.15, 0.2) is 30.5 Å². The number of likely N-dealkylation sites (tertiary alicyclic amines) is 1. The monoisotopic (exact) mass is 270 g/mol. The molecular formula is C14H14N4O2. The van der Waals surface area contributed by atoms with Gasteiger partial charge >= 0.3 is 0 Å². The minimum absolute atomic E-state index is 0.247. The molecule has 2 aromatic rings. The van der Waals surface area contributed by atoms with Crippen molar-refractivity contribution < 1.29 is 9.59 Å². The molecule has 2 N–H and O–H groups in total. The van der Waals surface area contributed by atoms with Gasteiger partial charge in [0.25, 0.3) is 5.91 Å². The van der Waals surface area contributed by atoms with Gasteiger partial charge in [-0.3, -0.25) is 14.6 Å². The summed E-state index contributed by atoms with van der Waals surface area (Å²) in [7, 11) is 0. The second-order valence-electron chi connectivity index (χ2n) is 4.80. The van der Waals surface area contributed by atoms with Crippen molar-refractivity contribution in [2.45, 2.75) is 18.9 Å². The van der Waals surface area contributed by atoms with Crippen LogP contribution in [0, 0.1) is 0 Å². The molecule has 0 spiro atoms. The zero-order valence-electron chi connectivity index (χ0n) is 10.8. The molecule has 6 heteroatoms. The van der Waals surface area contributed by atoms with E-state index in [0.29, 0.717) is 18.5 Å². The first kappa shape index (κ1) is 12.5. The molecule has 20 heavy (non-hydrogen) atoms. The quantitative estimate of drug-likeness (QED) is 0.870. The van der Waals surface area contributed by atoms with E-state index in [0.717, 1.165) is 11.9 Å². The predicted molar refractivity (Wildman–Crippen MR) is 72.8 cm³/mol. The van der Waals surface area contributed by atoms with E-state index in [2.05, 4.69) is 9.97 Å². The zero-order chi connectivity index (χ0) is 14.1. The Hall–Kier alpha value is -2.50. The SMILES string of the molecule is NC(=O)[C@H]1CCCN1C(=O)c1cnc2ccccc2n1. The second kappa shape index (κ2) is 4.88. The predicted octanol–water partition coefficient (Wildman–Crippen LogP) is 0.720. The maximum Gasteiger partial charge on any atom is 0.274 e. The Balaban J connectivity index is 1.94. The molecule has 1 aromatic carbocycles. The third-order valence-corrected chi connectivity index (χ3v) is 3.51. The number of carbonyl (C=O) groups is 2. The van der Waals surface area contributed by atoms with Crippen LogP contribution in [-0.4, -0.2) is 39.3 Å². The van der Waals surface area contributed by atoms with Gasteiger partial charge in [0.15, 0.2) is 0 Å². The zero-order valence-corrected chi connectivity index (χ0v) is 10.8. The van der Waals surface area contributed by atoms with E-state index in [9.17, 15) is 9.59 Å². The molecule has 3 rings (SSSR count). The molecule has 0 aliphatic carbocycles. The van der Waals surface area contributed by atoms with E-state index < -0.39 is 11.9 Å². The van der Waals surface area contributed by atoms with Gasteiger partial charge in [-0.2, -0.15) is 0 Å². The van der Waals surface area contributed by atoms with E-state index in [1.807, 2.05) is 18.2 Å². The maximum absolute atomic E-state index is 12.4. The van der Waals surface area contributed by atoms with Gasteiger partial charge in [-0.25, -0.2) is 4.98 Å². The number of nitrogens with zero attached hydrogens (tertiary/aromatic N) is 3. The third kappa shape index (κ3) is 2.09. The lowest BCUT2D eigenvalue weighted by molar-refractivity contribution is -0.121. The summed E-state index contributed by atoms with van der Waals surface area (Å²) in [6, 6.07) is 6.80. The first-order valence-corrected chi connectivity index (χ1v) is 6.49. The molecular weight excluding hydrogens is 256 g/mol. The Morgan fingerprint density at radius 2 is 2.00 bits per heavy atom. The third-order valence-electron chi connectivity index (χ3n) is 3.51. The number of fused-ring (bicyclic) bond motifs is 1. The van der Waals surface area contributed by atoms with E-state index in [1.165, 1.54) is 11.1 Å². The van der Waals surface area contributed by atoms with Gasteiger partial charge in [-0.05, 0) is 25.0 Å². The second-order valence-corrected chi connectivity index (χ2v) is 4.80. The molecule has 1 fully saturated rings. The molecule has 2 amide bonds. The van der Waals surface area contributed by atoms with Crippen LogP contribution in [-0.2, 0) is 4.79 Å². The summed E-state index contributed by atoms with van der Waals surface area (Å²) in [5.41, 5.74) is 6.97. The van der Waals surface area contributed by atoms with E-state index >= 15 is 0 Å². The lowest BCUT2D eigenvalue weighted by Crippen LogP contribution is -2.44. The van der Waals surface area contributed by atoms with Crippen molar-refractivity contribution in [3.63, 3.8) is 0 Å². The number of hydrogen-bond donors (Lipinski definition) is 1. The Bertz CT molecular complexity index is 686. The Kier molecular flexibility index (Phi) is 3.06. The van der Waals surface area contributed by atoms with Crippen LogP contribution in [0.3, 0.4) is 0 Å². The van der Waals surface area contributed by atoms with Crippen molar-refractivity contribution in [2.24, 2.45) is 5.73 Å². The molecule has 0 bridgehead atoms. The van der Waals surface area contributed by atoms with Crippen LogP contribution >= 0.6 is 0 Å². The van der Waals surface area contributed by atoms with Crippen molar-refractivity contribution in [3.05, 3.63) is 36.2 Å². The highest BCUT2D eigenvalue weighted by molar-refractivity contribution is 5.97. The summed E-state index contributed by atoms with van der Waals surface area (Å²) in [5, 5.41) is 0. The normalized spacial score (nSPS) is 18.4. The smallest absolute Gasteiger partial charge is 0.274 e. The number of amides is 2. The minimum atomic E-state index is -0.532. The first-order valence-electron chi connectivity index (χ1n) is 6.49. The fraction of sp³-hybridized carbons (Fsp3) is 0.286. The van der Waals surface area contributed by atoms with Gasteiger partial charge in [0, 0.05) is 6.54 Å². The molecule has 1 aromatic heterocycles. The van der Waals surface area contributed by atoms with Crippen LogP contribution in [0.2, 0.25) is 0 Å². The molecule has 1 atom stereocenters. The molecule has 1 saturated heterocycles. The van der Waals surface area contributed by atoms with E-state index in [-0.39, 0.29) is 11.6 Å². The molecule has 1 aliphatic heterocycles. The number of hydrogen-bond acceptors (Lipinski definition) is 4. The van der Waals surface area contributed by atoms with Crippen LogP contribution in [0.1, 0.15) is 23.3 Å². The fourth-order valence-electron chi connectivity index (χ4n) is 2.51. The van der Waals surface area contributed by atoms with Gasteiger partial charge in [0.2, 0.25) is 5.91 Å². The standard InChI is InChI=1S/C14H14N4O2/c15-13(19)12-6-3-7-18(12)14(20)11-8-16-9-4-1-2-5-10(9)17-11/h1-2,4-5,8,12H,3,6-7H2,(H2,15,19)/t12-/m1/s1. The molecule has 6 nitrogen and oxygen atoms in total. The summed E-state index contributed by atoms with van der Waals surface area (Å²) < 4.78 is 0. The molecule has 0 saturated carbocycles. The summed E-state index contributed by atoms with van der Waals surface area (Å²) in [4.78, 5) is 33.8. The number of nitrogens with two attached hydrogens (primary N) is 1. The number of rotatable bonds is 2. The first-order chi connectivity index (χ1) is 9.66. The minimum Gasteiger partial charge on any atom is -0.368 e. The topological polar surface area (TPSA) is 89.2 Å². The highest BCUT2D eigenvalue weighted by Gasteiger charge is 2.33. The molecule has 102 valence electrons. The Labute approximate surface area is 115 Å². The highest BCUT2D eigenvalue weighted by atomic mass is 16.2. The van der Waals surface area contributed by atoms with Crippen LogP contribution in [0.25, 0.3) is 11.0 Å². The van der Waals surface area contributed by atoms with Gasteiger partial charge in [0.1, 0.15) is 11.7 Å². The molecule has 0 unspecified atom stereocenters. The number of aromatic nitrogens is 2. The van der Waals surface area contributed by atoms with Crippen LogP contribution in [0.4, 0.5) is 0 Å². The average molecular weight is 270 g/mol. The summed E-state index contributed by atoms with van der Waals surface area (Å²) >= 11 is 0. The van der Waals surface area contributed by atoms with E-state index in [1.54, 1.807) is 6.07 Å². The average Bonchev–Trinajstić information content (AvgIpc) is 2.95. The number of benzene rings is 1. The van der Waals surface area contributed by atoms with Crippen LogP contribution in [0.5, 0.6) is 0 Å². The number of para-hydroxylation sites is 2. The van der Waals surface area contributed by atoms with Gasteiger partial charge in [-0.15, -0.1) is 0 Å². The molecule has 0 radical (unpaired) electrons.